The summed E-state index contributed by atoms with van der Waals surface area (Å²) in [6, 6.07) is 6.43. The van der Waals surface area contributed by atoms with Crippen LogP contribution in [0.3, 0.4) is 0 Å². The van der Waals surface area contributed by atoms with Gasteiger partial charge >= 0.3 is 0 Å². The van der Waals surface area contributed by atoms with Crippen molar-refractivity contribution in [3.05, 3.63) is 43.8 Å². The molecule has 0 aliphatic heterocycles. The zero-order chi connectivity index (χ0) is 11.8. The van der Waals surface area contributed by atoms with Crippen LogP contribution in [0.25, 0.3) is 0 Å². The van der Waals surface area contributed by atoms with Gasteiger partial charge in [-0.2, -0.15) is 0 Å². The number of rotatable bonds is 2. The Bertz CT molecular complexity index is 538. The van der Waals surface area contributed by atoms with Crippen molar-refractivity contribution in [1.82, 2.24) is 4.98 Å². The van der Waals surface area contributed by atoms with E-state index < -0.39 is 0 Å². The predicted molar refractivity (Wildman–Crippen MR) is 76.0 cm³/mol. The maximum absolute atomic E-state index is 6.04. The monoisotopic (exact) mass is 328 g/mol. The summed E-state index contributed by atoms with van der Waals surface area (Å²) in [6.07, 6.45) is 4.10. The number of pyridine rings is 1. The Morgan fingerprint density at radius 2 is 2.35 bits per heavy atom. The Morgan fingerprint density at radius 3 is 3.12 bits per heavy atom. The van der Waals surface area contributed by atoms with Gasteiger partial charge in [0.25, 0.3) is 0 Å². The smallest absolute Gasteiger partial charge is 0.106 e. The van der Waals surface area contributed by atoms with Crippen LogP contribution in [0.4, 0.5) is 5.69 Å². The summed E-state index contributed by atoms with van der Waals surface area (Å²) in [5.41, 5.74) is 2.40. The first-order chi connectivity index (χ1) is 8.22. The molecular weight excluding hydrogens is 320 g/mol. The van der Waals surface area contributed by atoms with Crippen LogP contribution in [0.15, 0.2) is 29.0 Å². The molecule has 1 N–H and O–H groups in total. The van der Waals surface area contributed by atoms with Crippen molar-refractivity contribution < 1.29 is 0 Å². The fraction of sp³-hybridized carbons (Fsp3) is 0.250. The molecule has 2 aromatic heterocycles. The van der Waals surface area contributed by atoms with Gasteiger partial charge in [-0.25, -0.2) is 4.98 Å². The van der Waals surface area contributed by atoms with E-state index in [-0.39, 0.29) is 0 Å². The first kappa shape index (κ1) is 11.5. The number of anilines is 1. The Balaban J connectivity index is 1.81. The van der Waals surface area contributed by atoms with Crippen molar-refractivity contribution in [2.45, 2.75) is 18.9 Å². The van der Waals surface area contributed by atoms with E-state index in [1.807, 2.05) is 18.3 Å². The predicted octanol–water partition coefficient (Wildman–Crippen LogP) is 4.66. The molecule has 0 saturated carbocycles. The lowest BCUT2D eigenvalue weighted by atomic mass is 10.2. The maximum Gasteiger partial charge on any atom is 0.106 e. The van der Waals surface area contributed by atoms with Crippen molar-refractivity contribution in [3.63, 3.8) is 0 Å². The second kappa shape index (κ2) is 4.59. The van der Waals surface area contributed by atoms with Crippen LogP contribution >= 0.6 is 38.9 Å². The molecule has 0 fully saturated rings. The van der Waals surface area contributed by atoms with Crippen LogP contribution < -0.4 is 5.32 Å². The lowest BCUT2D eigenvalue weighted by molar-refractivity contribution is 0.761. The van der Waals surface area contributed by atoms with Gasteiger partial charge in [-0.1, -0.05) is 11.6 Å². The minimum absolute atomic E-state index is 0.372. The van der Waals surface area contributed by atoms with Crippen LogP contribution in [-0.2, 0) is 6.42 Å². The van der Waals surface area contributed by atoms with Gasteiger partial charge in [-0.3, -0.25) is 0 Å². The first-order valence-corrected chi connectivity index (χ1v) is 7.37. The molecule has 0 amide bonds. The highest BCUT2D eigenvalue weighted by Gasteiger charge is 2.24. The number of hydrogen-bond donors (Lipinski definition) is 1. The van der Waals surface area contributed by atoms with Crippen molar-refractivity contribution in [2.75, 3.05) is 5.32 Å². The highest BCUT2D eigenvalue weighted by Crippen LogP contribution is 2.40. The van der Waals surface area contributed by atoms with E-state index in [9.17, 15) is 0 Å². The third kappa shape index (κ3) is 2.34. The van der Waals surface area contributed by atoms with Gasteiger partial charge in [0.15, 0.2) is 0 Å². The van der Waals surface area contributed by atoms with E-state index in [2.05, 4.69) is 32.3 Å². The molecule has 0 aromatic carbocycles. The quantitative estimate of drug-likeness (QED) is 0.811. The second-order valence-electron chi connectivity index (χ2n) is 4.03. The summed E-state index contributed by atoms with van der Waals surface area (Å²) in [4.78, 5) is 5.63. The minimum Gasteiger partial charge on any atom is -0.377 e. The van der Waals surface area contributed by atoms with Crippen LogP contribution in [-0.4, -0.2) is 4.98 Å². The topological polar surface area (TPSA) is 24.9 Å². The molecule has 2 heterocycles. The molecule has 17 heavy (non-hydrogen) atoms. The first-order valence-electron chi connectivity index (χ1n) is 5.38. The molecule has 88 valence electrons. The summed E-state index contributed by atoms with van der Waals surface area (Å²) in [6.45, 7) is 0. The molecule has 3 rings (SSSR count). The largest absolute Gasteiger partial charge is 0.377 e. The van der Waals surface area contributed by atoms with Crippen LogP contribution in [0.2, 0.25) is 4.34 Å². The molecule has 0 radical (unpaired) electrons. The highest BCUT2D eigenvalue weighted by atomic mass is 79.9. The standard InChI is InChI=1S/C12H10BrClN2S/c13-11-4-1-7(6-15-11)16-9-2-3-10-8(9)5-12(14)17-10/h1,4-6,9,16H,2-3H2. The van der Waals surface area contributed by atoms with E-state index in [4.69, 9.17) is 11.6 Å². The number of aryl methyl sites for hydroxylation is 1. The SMILES string of the molecule is Clc1cc2c(s1)CCC2Nc1ccc(Br)nc1. The van der Waals surface area contributed by atoms with Gasteiger partial charge < -0.3 is 5.32 Å². The van der Waals surface area contributed by atoms with E-state index in [0.717, 1.165) is 27.5 Å². The summed E-state index contributed by atoms with van der Waals surface area (Å²) < 4.78 is 1.74. The summed E-state index contributed by atoms with van der Waals surface area (Å²) in [7, 11) is 0. The van der Waals surface area contributed by atoms with E-state index in [1.165, 1.54) is 10.4 Å². The number of fused-ring (bicyclic) bond motifs is 1. The lowest BCUT2D eigenvalue weighted by Crippen LogP contribution is -2.06. The molecule has 0 bridgehead atoms. The third-order valence-electron chi connectivity index (χ3n) is 2.92. The Morgan fingerprint density at radius 1 is 1.47 bits per heavy atom. The van der Waals surface area contributed by atoms with Crippen molar-refractivity contribution in [2.24, 2.45) is 0 Å². The lowest BCUT2D eigenvalue weighted by Gasteiger charge is -2.14. The average molecular weight is 330 g/mol. The van der Waals surface area contributed by atoms with E-state index >= 15 is 0 Å². The molecule has 0 saturated heterocycles. The van der Waals surface area contributed by atoms with Gasteiger partial charge in [-0.05, 0) is 52.5 Å². The molecule has 2 nitrogen and oxygen atoms in total. The molecule has 5 heteroatoms. The summed E-state index contributed by atoms with van der Waals surface area (Å²) in [5.74, 6) is 0. The number of halogens is 2. The molecule has 0 spiro atoms. The van der Waals surface area contributed by atoms with E-state index in [0.29, 0.717) is 6.04 Å². The summed E-state index contributed by atoms with van der Waals surface area (Å²) in [5, 5.41) is 3.50. The van der Waals surface area contributed by atoms with Crippen LogP contribution in [0.1, 0.15) is 22.9 Å². The fourth-order valence-corrected chi connectivity index (χ4v) is 3.73. The highest BCUT2D eigenvalue weighted by molar-refractivity contribution is 9.10. The molecule has 2 aromatic rings. The van der Waals surface area contributed by atoms with Gasteiger partial charge in [0.05, 0.1) is 22.3 Å². The number of aromatic nitrogens is 1. The molecule has 1 atom stereocenters. The van der Waals surface area contributed by atoms with Gasteiger partial charge in [0.2, 0.25) is 0 Å². The zero-order valence-corrected chi connectivity index (χ0v) is 12.1. The van der Waals surface area contributed by atoms with Gasteiger partial charge in [-0.15, -0.1) is 11.3 Å². The normalized spacial score (nSPS) is 18.1. The number of thiophene rings is 1. The number of hydrogen-bond acceptors (Lipinski definition) is 3. The summed E-state index contributed by atoms with van der Waals surface area (Å²) >= 11 is 11.1. The molecule has 1 aliphatic carbocycles. The Hall–Kier alpha value is -0.580. The maximum atomic E-state index is 6.04. The van der Waals surface area contributed by atoms with Gasteiger partial charge in [0, 0.05) is 4.88 Å². The second-order valence-corrected chi connectivity index (χ2v) is 6.61. The molecule has 1 unspecified atom stereocenters. The zero-order valence-electron chi connectivity index (χ0n) is 8.91. The van der Waals surface area contributed by atoms with Gasteiger partial charge in [0.1, 0.15) is 4.60 Å². The van der Waals surface area contributed by atoms with E-state index in [1.54, 1.807) is 11.3 Å². The van der Waals surface area contributed by atoms with Crippen molar-refractivity contribution in [1.29, 1.82) is 0 Å². The molecule has 1 aliphatic rings. The average Bonchev–Trinajstić information content (AvgIpc) is 2.83. The van der Waals surface area contributed by atoms with Crippen molar-refractivity contribution in [3.8, 4) is 0 Å². The fourth-order valence-electron chi connectivity index (χ4n) is 2.14. The van der Waals surface area contributed by atoms with Crippen LogP contribution in [0, 0.1) is 0 Å². The number of nitrogens with one attached hydrogen (secondary N) is 1. The molecular formula is C12H10BrClN2S. The third-order valence-corrected chi connectivity index (χ3v) is 4.72. The Kier molecular flexibility index (Phi) is 3.11. The number of nitrogens with zero attached hydrogens (tertiary/aromatic N) is 1. The minimum atomic E-state index is 0.372. The Labute approximate surface area is 117 Å². The van der Waals surface area contributed by atoms with Crippen molar-refractivity contribution >= 4 is 44.6 Å². The van der Waals surface area contributed by atoms with Crippen LogP contribution in [0.5, 0.6) is 0 Å².